The number of phenols is 1. The first-order chi connectivity index (χ1) is 8.26. The number of benzene rings is 1. The third-order valence-electron chi connectivity index (χ3n) is 2.76. The van der Waals surface area contributed by atoms with Crippen molar-refractivity contribution in [2.24, 2.45) is 0 Å². The van der Waals surface area contributed by atoms with E-state index in [4.69, 9.17) is 0 Å². The van der Waals surface area contributed by atoms with Gasteiger partial charge >= 0.3 is 0 Å². The molecular formula is C13H15BrN2O. The van der Waals surface area contributed by atoms with Gasteiger partial charge in [-0.1, -0.05) is 22.0 Å². The van der Waals surface area contributed by atoms with Crippen molar-refractivity contribution in [2.75, 3.05) is 23.3 Å². The SMILES string of the molecule is CCN(CCBr)c1nccc2ccc(O)cc12. The van der Waals surface area contributed by atoms with Gasteiger partial charge in [0.1, 0.15) is 11.6 Å². The molecule has 2 rings (SSSR count). The lowest BCUT2D eigenvalue weighted by Gasteiger charge is -2.22. The Morgan fingerprint density at radius 1 is 1.35 bits per heavy atom. The lowest BCUT2D eigenvalue weighted by atomic mass is 10.1. The monoisotopic (exact) mass is 294 g/mol. The topological polar surface area (TPSA) is 36.4 Å². The standard InChI is InChI=1S/C13H15BrN2O/c1-2-16(8-6-14)13-12-9-11(17)4-3-10(12)5-7-15-13/h3-5,7,9,17H,2,6,8H2,1H3. The van der Waals surface area contributed by atoms with Crippen LogP contribution in [0, 0.1) is 0 Å². The Kier molecular flexibility index (Phi) is 3.84. The molecule has 0 saturated carbocycles. The van der Waals surface area contributed by atoms with Gasteiger partial charge in [0.2, 0.25) is 0 Å². The van der Waals surface area contributed by atoms with Crippen LogP contribution >= 0.6 is 15.9 Å². The largest absolute Gasteiger partial charge is 0.508 e. The van der Waals surface area contributed by atoms with E-state index >= 15 is 0 Å². The maximum Gasteiger partial charge on any atom is 0.136 e. The molecule has 0 radical (unpaired) electrons. The van der Waals surface area contributed by atoms with Gasteiger partial charge in [0.25, 0.3) is 0 Å². The second-order valence-electron chi connectivity index (χ2n) is 3.81. The van der Waals surface area contributed by atoms with Gasteiger partial charge in [0, 0.05) is 30.0 Å². The number of rotatable bonds is 4. The molecule has 17 heavy (non-hydrogen) atoms. The van der Waals surface area contributed by atoms with Crippen molar-refractivity contribution in [3.8, 4) is 5.75 Å². The van der Waals surface area contributed by atoms with E-state index in [1.165, 1.54) is 0 Å². The van der Waals surface area contributed by atoms with Crippen molar-refractivity contribution in [3.05, 3.63) is 30.5 Å². The highest BCUT2D eigenvalue weighted by Crippen LogP contribution is 2.27. The summed E-state index contributed by atoms with van der Waals surface area (Å²) in [5, 5.41) is 12.6. The molecule has 0 aliphatic carbocycles. The van der Waals surface area contributed by atoms with E-state index in [0.717, 1.165) is 35.0 Å². The summed E-state index contributed by atoms with van der Waals surface area (Å²) >= 11 is 3.45. The van der Waals surface area contributed by atoms with Gasteiger partial charge in [0.15, 0.2) is 0 Å². The van der Waals surface area contributed by atoms with Gasteiger partial charge in [-0.2, -0.15) is 0 Å². The minimum Gasteiger partial charge on any atom is -0.508 e. The minimum absolute atomic E-state index is 0.279. The van der Waals surface area contributed by atoms with E-state index < -0.39 is 0 Å². The summed E-state index contributed by atoms with van der Waals surface area (Å²) in [6, 6.07) is 7.35. The molecule has 1 aromatic carbocycles. The molecule has 4 heteroatoms. The molecule has 0 amide bonds. The molecule has 0 fully saturated rings. The zero-order chi connectivity index (χ0) is 12.3. The van der Waals surface area contributed by atoms with Gasteiger partial charge in [-0.3, -0.25) is 0 Å². The Balaban J connectivity index is 2.55. The smallest absolute Gasteiger partial charge is 0.136 e. The van der Waals surface area contributed by atoms with Crippen molar-refractivity contribution in [3.63, 3.8) is 0 Å². The number of pyridine rings is 1. The van der Waals surface area contributed by atoms with Crippen molar-refractivity contribution < 1.29 is 5.11 Å². The molecule has 0 aliphatic rings. The van der Waals surface area contributed by atoms with Crippen LogP contribution in [0.3, 0.4) is 0 Å². The van der Waals surface area contributed by atoms with Crippen LogP contribution in [-0.4, -0.2) is 28.5 Å². The van der Waals surface area contributed by atoms with E-state index in [9.17, 15) is 5.11 Å². The Hall–Kier alpha value is -1.29. The third-order valence-corrected chi connectivity index (χ3v) is 3.12. The zero-order valence-corrected chi connectivity index (χ0v) is 11.3. The Labute approximate surface area is 109 Å². The fraction of sp³-hybridized carbons (Fsp3) is 0.308. The summed E-state index contributed by atoms with van der Waals surface area (Å²) in [4.78, 5) is 6.62. The molecule has 0 bridgehead atoms. The minimum atomic E-state index is 0.279. The average Bonchev–Trinajstić information content (AvgIpc) is 2.35. The summed E-state index contributed by atoms with van der Waals surface area (Å²) in [6.07, 6.45) is 1.81. The number of fused-ring (bicyclic) bond motifs is 1. The van der Waals surface area contributed by atoms with Gasteiger partial charge in [-0.15, -0.1) is 0 Å². The van der Waals surface area contributed by atoms with Gasteiger partial charge in [-0.05, 0) is 30.5 Å². The van der Waals surface area contributed by atoms with Crippen LogP contribution in [0.15, 0.2) is 30.5 Å². The maximum atomic E-state index is 9.58. The van der Waals surface area contributed by atoms with E-state index in [-0.39, 0.29) is 5.75 Å². The molecule has 3 nitrogen and oxygen atoms in total. The van der Waals surface area contributed by atoms with E-state index in [1.54, 1.807) is 12.1 Å². The van der Waals surface area contributed by atoms with Crippen LogP contribution in [0.5, 0.6) is 5.75 Å². The summed E-state index contributed by atoms with van der Waals surface area (Å²) in [5.74, 6) is 1.21. The maximum absolute atomic E-state index is 9.58. The van der Waals surface area contributed by atoms with Crippen LogP contribution in [0.4, 0.5) is 5.82 Å². The third kappa shape index (κ3) is 2.52. The molecule has 1 heterocycles. The van der Waals surface area contributed by atoms with Gasteiger partial charge in [-0.25, -0.2) is 4.98 Å². The molecule has 0 aliphatic heterocycles. The number of anilines is 1. The first-order valence-corrected chi connectivity index (χ1v) is 6.77. The van der Waals surface area contributed by atoms with E-state index in [0.29, 0.717) is 0 Å². The first kappa shape index (κ1) is 12.2. The van der Waals surface area contributed by atoms with Crippen LogP contribution in [0.25, 0.3) is 10.8 Å². The fourth-order valence-corrected chi connectivity index (χ4v) is 2.34. The molecule has 0 spiro atoms. The summed E-state index contributed by atoms with van der Waals surface area (Å²) in [5.41, 5.74) is 0. The predicted molar refractivity (Wildman–Crippen MR) is 75.1 cm³/mol. The second-order valence-corrected chi connectivity index (χ2v) is 4.60. The van der Waals surface area contributed by atoms with Crippen molar-refractivity contribution in [1.29, 1.82) is 0 Å². The highest BCUT2D eigenvalue weighted by Gasteiger charge is 2.09. The Morgan fingerprint density at radius 2 is 2.18 bits per heavy atom. The highest BCUT2D eigenvalue weighted by molar-refractivity contribution is 9.09. The molecular weight excluding hydrogens is 280 g/mol. The molecule has 1 aromatic heterocycles. The van der Waals surface area contributed by atoms with Crippen molar-refractivity contribution in [2.45, 2.75) is 6.92 Å². The molecule has 90 valence electrons. The van der Waals surface area contributed by atoms with Crippen LogP contribution in [0.1, 0.15) is 6.92 Å². The Bertz CT molecular complexity index is 516. The number of phenolic OH excluding ortho intramolecular Hbond substituents is 1. The summed E-state index contributed by atoms with van der Waals surface area (Å²) in [6.45, 7) is 3.90. The number of alkyl halides is 1. The molecule has 0 unspecified atom stereocenters. The lowest BCUT2D eigenvalue weighted by molar-refractivity contribution is 0.476. The van der Waals surface area contributed by atoms with Crippen molar-refractivity contribution in [1.82, 2.24) is 4.98 Å². The van der Waals surface area contributed by atoms with E-state index in [1.807, 2.05) is 18.3 Å². The number of hydrogen-bond donors (Lipinski definition) is 1. The average molecular weight is 295 g/mol. The molecule has 0 atom stereocenters. The predicted octanol–water partition coefficient (Wildman–Crippen LogP) is 3.16. The summed E-state index contributed by atoms with van der Waals surface area (Å²) in [7, 11) is 0. The van der Waals surface area contributed by atoms with Gasteiger partial charge < -0.3 is 10.0 Å². The highest BCUT2D eigenvalue weighted by atomic mass is 79.9. The van der Waals surface area contributed by atoms with Crippen LogP contribution < -0.4 is 4.90 Å². The van der Waals surface area contributed by atoms with E-state index in [2.05, 4.69) is 32.7 Å². The Morgan fingerprint density at radius 3 is 2.88 bits per heavy atom. The number of nitrogens with zero attached hydrogens (tertiary/aromatic N) is 2. The van der Waals surface area contributed by atoms with Crippen LogP contribution in [0.2, 0.25) is 0 Å². The first-order valence-electron chi connectivity index (χ1n) is 5.65. The fourth-order valence-electron chi connectivity index (χ4n) is 1.91. The van der Waals surface area contributed by atoms with Crippen LogP contribution in [-0.2, 0) is 0 Å². The molecule has 1 N–H and O–H groups in total. The number of aromatic nitrogens is 1. The molecule has 0 saturated heterocycles. The number of aromatic hydroxyl groups is 1. The zero-order valence-electron chi connectivity index (χ0n) is 9.73. The molecule has 2 aromatic rings. The normalized spacial score (nSPS) is 10.7. The number of halogens is 1. The summed E-state index contributed by atoms with van der Waals surface area (Å²) < 4.78 is 0. The van der Waals surface area contributed by atoms with Gasteiger partial charge in [0.05, 0.1) is 0 Å². The second kappa shape index (κ2) is 5.36. The quantitative estimate of drug-likeness (QED) is 0.880. The number of hydrogen-bond acceptors (Lipinski definition) is 3. The lowest BCUT2D eigenvalue weighted by Crippen LogP contribution is -2.25. The van der Waals surface area contributed by atoms with Crippen molar-refractivity contribution >= 4 is 32.5 Å².